The maximum Gasteiger partial charge on any atom is 0.136 e. The topological polar surface area (TPSA) is 17.1 Å². The lowest BCUT2D eigenvalue weighted by Crippen LogP contribution is -2.26. The third-order valence-electron chi connectivity index (χ3n) is 3.64. The van der Waals surface area contributed by atoms with Crippen molar-refractivity contribution in [1.82, 2.24) is 0 Å². The molecule has 1 aromatic rings. The summed E-state index contributed by atoms with van der Waals surface area (Å²) < 4.78 is 1.14. The molecule has 2 atom stereocenters. The molecule has 94 valence electrons. The van der Waals surface area contributed by atoms with Gasteiger partial charge in [0.05, 0.1) is 0 Å². The number of Topliss-reactive ketones (excluding diaryl/α,β-unsaturated/α-hetero) is 1. The van der Waals surface area contributed by atoms with Gasteiger partial charge in [-0.1, -0.05) is 19.8 Å². The highest BCUT2D eigenvalue weighted by atomic mass is 79.9. The van der Waals surface area contributed by atoms with Gasteiger partial charge in [0.25, 0.3) is 0 Å². The van der Waals surface area contributed by atoms with Crippen molar-refractivity contribution in [3.63, 3.8) is 0 Å². The Balaban J connectivity index is 1.96. The number of carbonyl (C=O) groups is 1. The van der Waals surface area contributed by atoms with Crippen molar-refractivity contribution in [2.24, 2.45) is 11.8 Å². The van der Waals surface area contributed by atoms with Crippen molar-refractivity contribution in [2.45, 2.75) is 45.4 Å². The van der Waals surface area contributed by atoms with Crippen molar-refractivity contribution in [3.05, 3.63) is 20.8 Å². The molecule has 0 radical (unpaired) electrons. The minimum absolute atomic E-state index is 0.283. The molecule has 0 aromatic carbocycles. The van der Waals surface area contributed by atoms with Crippen LogP contribution in [0.1, 0.15) is 43.9 Å². The summed E-state index contributed by atoms with van der Waals surface area (Å²) in [4.78, 5) is 13.3. The van der Waals surface area contributed by atoms with Crippen LogP contribution in [0.25, 0.3) is 0 Å². The molecule has 1 aromatic heterocycles. The molecule has 0 saturated heterocycles. The van der Waals surface area contributed by atoms with Gasteiger partial charge < -0.3 is 0 Å². The van der Waals surface area contributed by atoms with Gasteiger partial charge in [0.1, 0.15) is 5.78 Å². The van der Waals surface area contributed by atoms with E-state index in [1.807, 2.05) is 0 Å². The van der Waals surface area contributed by atoms with E-state index in [1.165, 1.54) is 17.7 Å². The van der Waals surface area contributed by atoms with Crippen molar-refractivity contribution in [3.8, 4) is 0 Å². The number of thiophene rings is 1. The van der Waals surface area contributed by atoms with E-state index in [-0.39, 0.29) is 5.92 Å². The third kappa shape index (κ3) is 3.65. The smallest absolute Gasteiger partial charge is 0.136 e. The van der Waals surface area contributed by atoms with Crippen LogP contribution in [-0.4, -0.2) is 5.78 Å². The third-order valence-corrected chi connectivity index (χ3v) is 5.36. The summed E-state index contributed by atoms with van der Waals surface area (Å²) in [6, 6.07) is 2.15. The molecule has 1 aliphatic carbocycles. The molecule has 0 spiro atoms. The van der Waals surface area contributed by atoms with Gasteiger partial charge >= 0.3 is 0 Å². The Bertz CT molecular complexity index is 385. The van der Waals surface area contributed by atoms with Crippen LogP contribution >= 0.6 is 27.3 Å². The fourth-order valence-electron chi connectivity index (χ4n) is 2.77. The van der Waals surface area contributed by atoms with Gasteiger partial charge in [-0.15, -0.1) is 11.3 Å². The first-order valence-corrected chi connectivity index (χ1v) is 8.12. The Kier molecular flexibility index (Phi) is 4.80. The van der Waals surface area contributed by atoms with Crippen molar-refractivity contribution < 1.29 is 4.79 Å². The van der Waals surface area contributed by atoms with E-state index < -0.39 is 0 Å². The van der Waals surface area contributed by atoms with E-state index in [2.05, 4.69) is 34.3 Å². The highest BCUT2D eigenvalue weighted by Gasteiger charge is 2.28. The Hall–Kier alpha value is -0.150. The summed E-state index contributed by atoms with van der Waals surface area (Å²) in [6.45, 7) is 2.24. The SMILES string of the molecule is CCCC1CCC(=O)C(Cc2cc(Br)cs2)C1. The van der Waals surface area contributed by atoms with Crippen LogP contribution in [0, 0.1) is 11.8 Å². The molecule has 2 rings (SSSR count). The second-order valence-corrected chi connectivity index (χ2v) is 6.94. The normalized spacial score (nSPS) is 25.2. The molecular weight excluding hydrogens is 296 g/mol. The number of ketones is 1. The first-order valence-electron chi connectivity index (χ1n) is 6.44. The van der Waals surface area contributed by atoms with Gasteiger partial charge in [0.15, 0.2) is 0 Å². The summed E-state index contributed by atoms with van der Waals surface area (Å²) in [5, 5.41) is 2.10. The second kappa shape index (κ2) is 6.14. The fraction of sp³-hybridized carbons (Fsp3) is 0.643. The standard InChI is InChI=1S/C14H19BrOS/c1-2-3-10-4-5-14(16)11(6-10)7-13-8-12(15)9-17-13/h8-11H,2-7H2,1H3. The Morgan fingerprint density at radius 3 is 3.00 bits per heavy atom. The summed E-state index contributed by atoms with van der Waals surface area (Å²) >= 11 is 5.24. The maximum atomic E-state index is 11.9. The van der Waals surface area contributed by atoms with Gasteiger partial charge in [-0.2, -0.15) is 0 Å². The number of carbonyl (C=O) groups excluding carboxylic acids is 1. The first kappa shape index (κ1) is 13.3. The molecule has 1 heterocycles. The minimum atomic E-state index is 0.283. The molecule has 0 amide bonds. The molecule has 17 heavy (non-hydrogen) atoms. The van der Waals surface area contributed by atoms with Crippen LogP contribution in [0.15, 0.2) is 15.9 Å². The van der Waals surface area contributed by atoms with Crippen LogP contribution in [0.5, 0.6) is 0 Å². The molecule has 2 unspecified atom stereocenters. The number of rotatable bonds is 4. The molecule has 3 heteroatoms. The molecule has 1 fully saturated rings. The van der Waals surface area contributed by atoms with E-state index in [4.69, 9.17) is 0 Å². The van der Waals surface area contributed by atoms with E-state index in [0.717, 1.165) is 36.1 Å². The van der Waals surface area contributed by atoms with Gasteiger partial charge in [0.2, 0.25) is 0 Å². The van der Waals surface area contributed by atoms with Gasteiger partial charge in [0, 0.05) is 27.1 Å². The Labute approximate surface area is 116 Å². The van der Waals surface area contributed by atoms with Crippen LogP contribution in [0.4, 0.5) is 0 Å². The predicted molar refractivity (Wildman–Crippen MR) is 76.5 cm³/mol. The molecule has 0 aliphatic heterocycles. The minimum Gasteiger partial charge on any atom is -0.299 e. The lowest BCUT2D eigenvalue weighted by atomic mass is 9.77. The van der Waals surface area contributed by atoms with E-state index in [9.17, 15) is 4.79 Å². The zero-order valence-corrected chi connectivity index (χ0v) is 12.6. The molecular formula is C14H19BrOS. The molecule has 1 aliphatic rings. The summed E-state index contributed by atoms with van der Waals surface area (Å²) in [5.74, 6) is 1.55. The van der Waals surface area contributed by atoms with Gasteiger partial charge in [-0.25, -0.2) is 0 Å². The van der Waals surface area contributed by atoms with E-state index in [1.54, 1.807) is 11.3 Å². The summed E-state index contributed by atoms with van der Waals surface area (Å²) in [5.41, 5.74) is 0. The zero-order valence-electron chi connectivity index (χ0n) is 10.2. The second-order valence-electron chi connectivity index (χ2n) is 5.03. The summed E-state index contributed by atoms with van der Waals surface area (Å²) in [6.07, 6.45) is 6.53. The van der Waals surface area contributed by atoms with Crippen LogP contribution in [-0.2, 0) is 11.2 Å². The van der Waals surface area contributed by atoms with Crippen LogP contribution in [0.3, 0.4) is 0 Å². The van der Waals surface area contributed by atoms with Crippen molar-refractivity contribution in [1.29, 1.82) is 0 Å². The fourth-order valence-corrected chi connectivity index (χ4v) is 4.31. The highest BCUT2D eigenvalue weighted by Crippen LogP contribution is 2.33. The molecule has 1 saturated carbocycles. The average Bonchev–Trinajstić information content (AvgIpc) is 2.69. The number of hydrogen-bond acceptors (Lipinski definition) is 2. The average molecular weight is 315 g/mol. The van der Waals surface area contributed by atoms with Crippen LogP contribution < -0.4 is 0 Å². The Morgan fingerprint density at radius 2 is 2.35 bits per heavy atom. The highest BCUT2D eigenvalue weighted by molar-refractivity contribution is 9.10. The maximum absolute atomic E-state index is 11.9. The lowest BCUT2D eigenvalue weighted by Gasteiger charge is -2.27. The molecule has 0 N–H and O–H groups in total. The quantitative estimate of drug-likeness (QED) is 0.777. The lowest BCUT2D eigenvalue weighted by molar-refractivity contribution is -0.125. The zero-order chi connectivity index (χ0) is 12.3. The van der Waals surface area contributed by atoms with Crippen molar-refractivity contribution in [2.75, 3.05) is 0 Å². The predicted octanol–water partition coefficient (Wildman–Crippen LogP) is 4.84. The van der Waals surface area contributed by atoms with Gasteiger partial charge in [-0.3, -0.25) is 4.79 Å². The number of halogens is 1. The van der Waals surface area contributed by atoms with E-state index >= 15 is 0 Å². The van der Waals surface area contributed by atoms with Crippen molar-refractivity contribution >= 4 is 33.0 Å². The first-order chi connectivity index (χ1) is 8.19. The molecule has 1 nitrogen and oxygen atoms in total. The summed E-state index contributed by atoms with van der Waals surface area (Å²) in [7, 11) is 0. The largest absolute Gasteiger partial charge is 0.299 e. The monoisotopic (exact) mass is 314 g/mol. The van der Waals surface area contributed by atoms with Gasteiger partial charge in [-0.05, 0) is 47.2 Å². The van der Waals surface area contributed by atoms with E-state index in [0.29, 0.717) is 5.78 Å². The van der Waals surface area contributed by atoms with Crippen LogP contribution in [0.2, 0.25) is 0 Å². The number of hydrogen-bond donors (Lipinski definition) is 0. The Morgan fingerprint density at radius 1 is 1.53 bits per heavy atom. The molecule has 0 bridgehead atoms.